The Kier molecular flexibility index (Phi) is 8.50. The number of aliphatic hydroxyl groups excluding tert-OH is 1. The van der Waals surface area contributed by atoms with Crippen LogP contribution in [0.2, 0.25) is 0 Å². The Morgan fingerprint density at radius 2 is 1.77 bits per heavy atom. The minimum absolute atomic E-state index is 0.104. The maximum Gasteiger partial charge on any atom is 0.295 e. The zero-order valence-corrected chi connectivity index (χ0v) is 20.2. The zero-order chi connectivity index (χ0) is 24.6. The van der Waals surface area contributed by atoms with Crippen LogP contribution in [-0.2, 0) is 14.3 Å². The number of hydrogen-bond acceptors (Lipinski definition) is 7. The first-order valence-corrected chi connectivity index (χ1v) is 12.3. The first-order valence-electron chi connectivity index (χ1n) is 12.3. The zero-order valence-electron chi connectivity index (χ0n) is 20.2. The third-order valence-corrected chi connectivity index (χ3v) is 6.43. The Hall–Kier alpha value is -3.23. The number of aromatic nitrogens is 1. The molecule has 3 heterocycles. The van der Waals surface area contributed by atoms with Crippen LogP contribution >= 0.6 is 0 Å². The van der Waals surface area contributed by atoms with Crippen LogP contribution in [0, 0.1) is 0 Å². The number of carbonyl (C=O) groups excluding carboxylic acids is 2. The predicted octanol–water partition coefficient (Wildman–Crippen LogP) is 3.40. The van der Waals surface area contributed by atoms with Crippen molar-refractivity contribution in [2.45, 2.75) is 32.2 Å². The Balaban J connectivity index is 1.58. The largest absolute Gasteiger partial charge is 0.507 e. The summed E-state index contributed by atoms with van der Waals surface area (Å²) in [6, 6.07) is 9.86. The van der Waals surface area contributed by atoms with E-state index < -0.39 is 17.7 Å². The lowest BCUT2D eigenvalue weighted by atomic mass is 9.96. The van der Waals surface area contributed by atoms with E-state index in [2.05, 4.69) is 16.8 Å². The Morgan fingerprint density at radius 1 is 1.06 bits per heavy atom. The molecular weight excluding hydrogens is 446 g/mol. The number of ether oxygens (including phenoxy) is 2. The topological polar surface area (TPSA) is 92.2 Å². The summed E-state index contributed by atoms with van der Waals surface area (Å²) in [6.07, 6.45) is 5.98. The number of aliphatic hydroxyl groups is 1. The van der Waals surface area contributed by atoms with Crippen molar-refractivity contribution in [3.63, 3.8) is 0 Å². The summed E-state index contributed by atoms with van der Waals surface area (Å²) in [5.41, 5.74) is 1.32. The molecule has 2 aliphatic heterocycles. The van der Waals surface area contributed by atoms with Crippen LogP contribution in [0.3, 0.4) is 0 Å². The molecule has 2 saturated heterocycles. The van der Waals surface area contributed by atoms with E-state index in [0.29, 0.717) is 37.7 Å². The number of ketones is 1. The van der Waals surface area contributed by atoms with E-state index in [1.54, 1.807) is 53.7 Å². The molecule has 1 atom stereocenters. The highest BCUT2D eigenvalue weighted by Crippen LogP contribution is 2.39. The van der Waals surface area contributed by atoms with Crippen molar-refractivity contribution in [3.8, 4) is 5.75 Å². The maximum atomic E-state index is 13.1. The van der Waals surface area contributed by atoms with Gasteiger partial charge < -0.3 is 19.5 Å². The molecule has 1 N–H and O–H groups in total. The van der Waals surface area contributed by atoms with Gasteiger partial charge in [-0.15, -0.1) is 0 Å². The summed E-state index contributed by atoms with van der Waals surface area (Å²) in [5.74, 6) is -0.737. The molecule has 0 unspecified atom stereocenters. The van der Waals surface area contributed by atoms with E-state index in [0.717, 1.165) is 44.5 Å². The van der Waals surface area contributed by atoms with Crippen LogP contribution < -0.4 is 4.74 Å². The molecule has 1 amide bonds. The summed E-state index contributed by atoms with van der Waals surface area (Å²) >= 11 is 0. The van der Waals surface area contributed by atoms with Crippen molar-refractivity contribution >= 4 is 17.4 Å². The standard InChI is InChI=1S/C27H33N3O5/c1-2-3-17-35-22-7-5-21(6-8-22)25(31)23-24(20-9-11-28-12-10-20)30(27(33)26(23)32)14-4-13-29-15-18-34-19-16-29/h5-12,24,31H,2-4,13-19H2,1H3/b25-23+/t24-/m0/s1. The van der Waals surface area contributed by atoms with Crippen LogP contribution in [0.5, 0.6) is 5.75 Å². The quantitative estimate of drug-likeness (QED) is 0.242. The summed E-state index contributed by atoms with van der Waals surface area (Å²) in [5, 5.41) is 11.2. The van der Waals surface area contributed by atoms with E-state index in [4.69, 9.17) is 9.47 Å². The minimum atomic E-state index is -0.668. The smallest absolute Gasteiger partial charge is 0.295 e. The van der Waals surface area contributed by atoms with Gasteiger partial charge in [0.15, 0.2) is 0 Å². The molecule has 1 aromatic carbocycles. The van der Waals surface area contributed by atoms with Gasteiger partial charge in [-0.05, 0) is 54.8 Å². The lowest BCUT2D eigenvalue weighted by Crippen LogP contribution is -2.38. The summed E-state index contributed by atoms with van der Waals surface area (Å²) in [4.78, 5) is 34.2. The van der Waals surface area contributed by atoms with E-state index in [9.17, 15) is 14.7 Å². The normalized spacial score (nSPS) is 20.4. The van der Waals surface area contributed by atoms with Gasteiger partial charge in [-0.2, -0.15) is 0 Å². The number of Topliss-reactive ketones (excluding diaryl/α,β-unsaturated/α-hetero) is 1. The van der Waals surface area contributed by atoms with Crippen molar-refractivity contribution in [2.24, 2.45) is 0 Å². The fourth-order valence-electron chi connectivity index (χ4n) is 4.49. The fourth-order valence-corrected chi connectivity index (χ4v) is 4.49. The van der Waals surface area contributed by atoms with E-state index in [1.807, 2.05) is 0 Å². The van der Waals surface area contributed by atoms with Gasteiger partial charge in [-0.25, -0.2) is 0 Å². The van der Waals surface area contributed by atoms with Gasteiger partial charge >= 0.3 is 0 Å². The molecule has 35 heavy (non-hydrogen) atoms. The van der Waals surface area contributed by atoms with Gasteiger partial charge in [0.2, 0.25) is 0 Å². The van der Waals surface area contributed by atoms with Gasteiger partial charge in [-0.3, -0.25) is 19.5 Å². The van der Waals surface area contributed by atoms with E-state index in [1.165, 1.54) is 0 Å². The average Bonchev–Trinajstić information content (AvgIpc) is 3.15. The molecule has 0 aliphatic carbocycles. The number of morpholine rings is 1. The highest BCUT2D eigenvalue weighted by Gasteiger charge is 2.45. The van der Waals surface area contributed by atoms with Crippen LogP contribution in [-0.4, -0.2) is 77.6 Å². The molecule has 8 nitrogen and oxygen atoms in total. The number of benzene rings is 1. The lowest BCUT2D eigenvalue weighted by Gasteiger charge is -2.29. The molecule has 186 valence electrons. The molecule has 2 fully saturated rings. The Morgan fingerprint density at radius 3 is 2.46 bits per heavy atom. The average molecular weight is 480 g/mol. The van der Waals surface area contributed by atoms with E-state index in [-0.39, 0.29) is 11.3 Å². The van der Waals surface area contributed by atoms with Crippen LogP contribution in [0.25, 0.3) is 5.76 Å². The third kappa shape index (κ3) is 5.89. The first kappa shape index (κ1) is 24.9. The van der Waals surface area contributed by atoms with Crippen LogP contribution in [0.15, 0.2) is 54.4 Å². The summed E-state index contributed by atoms with van der Waals surface area (Å²) < 4.78 is 11.1. The van der Waals surface area contributed by atoms with Crippen LogP contribution in [0.1, 0.15) is 43.4 Å². The molecular formula is C27H33N3O5. The second-order valence-corrected chi connectivity index (χ2v) is 8.81. The number of likely N-dealkylation sites (tertiary alicyclic amines) is 1. The first-order chi connectivity index (χ1) is 17.1. The maximum absolute atomic E-state index is 13.1. The SMILES string of the molecule is CCCCOc1ccc(/C(O)=C2\C(=O)C(=O)N(CCCN3CCOCC3)[C@H]2c2ccncc2)cc1. The number of hydrogen-bond donors (Lipinski definition) is 1. The minimum Gasteiger partial charge on any atom is -0.507 e. The molecule has 2 aromatic rings. The van der Waals surface area contributed by atoms with Gasteiger partial charge in [0.1, 0.15) is 11.5 Å². The summed E-state index contributed by atoms with van der Waals surface area (Å²) in [6.45, 7) is 7.11. The van der Waals surface area contributed by atoms with Gasteiger partial charge in [0.05, 0.1) is 31.4 Å². The molecule has 0 radical (unpaired) electrons. The van der Waals surface area contributed by atoms with Gasteiger partial charge in [0.25, 0.3) is 11.7 Å². The molecule has 2 aliphatic rings. The second kappa shape index (κ2) is 12.0. The van der Waals surface area contributed by atoms with Crippen molar-refractivity contribution in [2.75, 3.05) is 46.0 Å². The van der Waals surface area contributed by atoms with Crippen molar-refractivity contribution < 1.29 is 24.2 Å². The van der Waals surface area contributed by atoms with Crippen molar-refractivity contribution in [1.29, 1.82) is 0 Å². The van der Waals surface area contributed by atoms with Crippen LogP contribution in [0.4, 0.5) is 0 Å². The molecule has 4 rings (SSSR count). The third-order valence-electron chi connectivity index (χ3n) is 6.43. The molecule has 1 aromatic heterocycles. The molecule has 0 saturated carbocycles. The van der Waals surface area contributed by atoms with Crippen molar-refractivity contribution in [3.05, 3.63) is 65.5 Å². The Labute approximate surface area is 206 Å². The predicted molar refractivity (Wildman–Crippen MR) is 132 cm³/mol. The van der Waals surface area contributed by atoms with Gasteiger partial charge in [-0.1, -0.05) is 13.3 Å². The van der Waals surface area contributed by atoms with E-state index >= 15 is 0 Å². The lowest BCUT2D eigenvalue weighted by molar-refractivity contribution is -0.140. The molecule has 8 heteroatoms. The molecule has 0 spiro atoms. The van der Waals surface area contributed by atoms with Crippen molar-refractivity contribution in [1.82, 2.24) is 14.8 Å². The number of nitrogens with zero attached hydrogens (tertiary/aromatic N) is 3. The molecule has 0 bridgehead atoms. The second-order valence-electron chi connectivity index (χ2n) is 8.81. The highest BCUT2D eigenvalue weighted by molar-refractivity contribution is 6.46. The van der Waals surface area contributed by atoms with Gasteiger partial charge in [0, 0.05) is 44.1 Å². The monoisotopic (exact) mass is 479 g/mol. The number of pyridine rings is 1. The highest BCUT2D eigenvalue weighted by atomic mass is 16.5. The Bertz CT molecular complexity index is 1030. The fraction of sp³-hybridized carbons (Fsp3) is 0.444. The number of carbonyl (C=O) groups is 2. The number of unbranched alkanes of at least 4 members (excludes halogenated alkanes) is 1. The number of amides is 1. The number of rotatable bonds is 10. The summed E-state index contributed by atoms with van der Waals surface area (Å²) in [7, 11) is 0.